The van der Waals surface area contributed by atoms with Crippen LogP contribution in [0.2, 0.25) is 0 Å². The summed E-state index contributed by atoms with van der Waals surface area (Å²) in [7, 11) is 0. The number of nitrogens with one attached hydrogen (secondary N) is 1. The molecule has 0 radical (unpaired) electrons. The zero-order valence-corrected chi connectivity index (χ0v) is 15.9. The number of aryl methyl sites for hydroxylation is 1. The number of benzene rings is 1. The Balaban J connectivity index is 1.74. The molecule has 2 N–H and O–H groups in total. The molecule has 0 saturated carbocycles. The highest BCUT2D eigenvalue weighted by molar-refractivity contribution is 5.82. The second-order valence-electron chi connectivity index (χ2n) is 7.29. The highest BCUT2D eigenvalue weighted by Gasteiger charge is 2.41. The predicted octanol–water partition coefficient (Wildman–Crippen LogP) is 2.04. The minimum atomic E-state index is -0.793. The van der Waals surface area contributed by atoms with Crippen LogP contribution in [0.4, 0.5) is 0 Å². The van der Waals surface area contributed by atoms with Crippen molar-refractivity contribution in [3.63, 3.8) is 0 Å². The molecule has 148 valence electrons. The number of hydroxylamine groups is 1. The molecule has 1 fully saturated rings. The third kappa shape index (κ3) is 4.14. The van der Waals surface area contributed by atoms with Gasteiger partial charge in [-0.05, 0) is 36.5 Å². The number of carbonyl (C=O) groups is 2. The minimum absolute atomic E-state index is 0.0225. The van der Waals surface area contributed by atoms with E-state index >= 15 is 0 Å². The zero-order valence-electron chi connectivity index (χ0n) is 15.9. The SMILES string of the molecule is CC(=O)N1CCC(CCn2ccc(-c3ccccc3)cc2=O)(C(=O)NO)CC1. The van der Waals surface area contributed by atoms with Gasteiger partial charge in [0.15, 0.2) is 0 Å². The molecule has 2 heterocycles. The van der Waals surface area contributed by atoms with Crippen molar-refractivity contribution in [2.75, 3.05) is 13.1 Å². The lowest BCUT2D eigenvalue weighted by molar-refractivity contribution is -0.146. The van der Waals surface area contributed by atoms with Crippen LogP contribution in [0, 0.1) is 5.41 Å². The van der Waals surface area contributed by atoms with Crippen molar-refractivity contribution in [1.82, 2.24) is 14.9 Å². The summed E-state index contributed by atoms with van der Waals surface area (Å²) in [5, 5.41) is 9.19. The van der Waals surface area contributed by atoms with Crippen molar-refractivity contribution >= 4 is 11.8 Å². The molecule has 7 heteroatoms. The van der Waals surface area contributed by atoms with Crippen molar-refractivity contribution in [3.05, 3.63) is 59.0 Å². The van der Waals surface area contributed by atoms with Gasteiger partial charge >= 0.3 is 0 Å². The monoisotopic (exact) mass is 383 g/mol. The molecular weight excluding hydrogens is 358 g/mol. The maximum atomic E-state index is 12.5. The van der Waals surface area contributed by atoms with Crippen LogP contribution in [0.5, 0.6) is 0 Å². The average molecular weight is 383 g/mol. The number of likely N-dealkylation sites (tertiary alicyclic amines) is 1. The number of nitrogens with zero attached hydrogens (tertiary/aromatic N) is 2. The largest absolute Gasteiger partial charge is 0.343 e. The smallest absolute Gasteiger partial charge is 0.251 e. The third-order valence-corrected chi connectivity index (χ3v) is 5.68. The van der Waals surface area contributed by atoms with Crippen LogP contribution in [-0.4, -0.2) is 39.6 Å². The van der Waals surface area contributed by atoms with Crippen molar-refractivity contribution in [2.24, 2.45) is 5.41 Å². The summed E-state index contributed by atoms with van der Waals surface area (Å²) < 4.78 is 1.58. The molecule has 3 rings (SSSR count). The van der Waals surface area contributed by atoms with E-state index in [0.29, 0.717) is 38.9 Å². The Bertz CT molecular complexity index is 899. The molecule has 1 aromatic carbocycles. The molecule has 2 aromatic rings. The fraction of sp³-hybridized carbons (Fsp3) is 0.381. The molecule has 1 aromatic heterocycles. The van der Waals surface area contributed by atoms with Gasteiger partial charge in [-0.1, -0.05) is 30.3 Å². The summed E-state index contributed by atoms with van der Waals surface area (Å²) in [4.78, 5) is 38.1. The molecule has 1 aliphatic heterocycles. The van der Waals surface area contributed by atoms with E-state index in [0.717, 1.165) is 11.1 Å². The van der Waals surface area contributed by atoms with E-state index in [4.69, 9.17) is 0 Å². The van der Waals surface area contributed by atoms with Gasteiger partial charge in [0.25, 0.3) is 5.56 Å². The quantitative estimate of drug-likeness (QED) is 0.611. The van der Waals surface area contributed by atoms with Gasteiger partial charge in [0.2, 0.25) is 11.8 Å². The minimum Gasteiger partial charge on any atom is -0.343 e. The molecule has 1 saturated heterocycles. The number of carbonyl (C=O) groups excluding carboxylic acids is 2. The fourth-order valence-electron chi connectivity index (χ4n) is 3.80. The van der Waals surface area contributed by atoms with E-state index in [1.165, 1.54) is 6.92 Å². The van der Waals surface area contributed by atoms with Crippen molar-refractivity contribution in [2.45, 2.75) is 32.7 Å². The van der Waals surface area contributed by atoms with E-state index < -0.39 is 11.3 Å². The molecule has 0 unspecified atom stereocenters. The van der Waals surface area contributed by atoms with Crippen molar-refractivity contribution in [1.29, 1.82) is 0 Å². The highest BCUT2D eigenvalue weighted by Crippen LogP contribution is 2.36. The third-order valence-electron chi connectivity index (χ3n) is 5.68. The van der Waals surface area contributed by atoms with E-state index in [1.54, 1.807) is 27.2 Å². The van der Waals surface area contributed by atoms with Crippen LogP contribution in [0.3, 0.4) is 0 Å². The van der Waals surface area contributed by atoms with E-state index in [-0.39, 0.29) is 11.5 Å². The van der Waals surface area contributed by atoms with Crippen LogP contribution < -0.4 is 11.0 Å². The predicted molar refractivity (Wildman–Crippen MR) is 105 cm³/mol. The lowest BCUT2D eigenvalue weighted by Gasteiger charge is -2.40. The van der Waals surface area contributed by atoms with Crippen LogP contribution >= 0.6 is 0 Å². The Morgan fingerprint density at radius 2 is 1.79 bits per heavy atom. The van der Waals surface area contributed by atoms with Gasteiger partial charge in [0.05, 0.1) is 5.41 Å². The zero-order chi connectivity index (χ0) is 20.1. The first-order valence-electron chi connectivity index (χ1n) is 9.41. The molecule has 0 bridgehead atoms. The first-order valence-corrected chi connectivity index (χ1v) is 9.41. The van der Waals surface area contributed by atoms with Crippen LogP contribution in [0.15, 0.2) is 53.5 Å². The number of amides is 2. The molecule has 2 amide bonds. The molecule has 28 heavy (non-hydrogen) atoms. The van der Waals surface area contributed by atoms with E-state index in [9.17, 15) is 19.6 Å². The molecule has 7 nitrogen and oxygen atoms in total. The first-order chi connectivity index (χ1) is 13.4. The van der Waals surface area contributed by atoms with Gasteiger partial charge in [-0.3, -0.25) is 19.6 Å². The molecule has 0 spiro atoms. The van der Waals surface area contributed by atoms with Crippen LogP contribution in [0.25, 0.3) is 11.1 Å². The lowest BCUT2D eigenvalue weighted by atomic mass is 9.75. The Hall–Kier alpha value is -2.93. The number of pyridine rings is 1. The first kappa shape index (κ1) is 19.8. The van der Waals surface area contributed by atoms with Gasteiger partial charge < -0.3 is 9.47 Å². The number of piperidine rings is 1. The second kappa shape index (κ2) is 8.39. The molecule has 1 aliphatic rings. The second-order valence-corrected chi connectivity index (χ2v) is 7.29. The number of hydrogen-bond acceptors (Lipinski definition) is 4. The summed E-state index contributed by atoms with van der Waals surface area (Å²) in [5.74, 6) is -0.476. The Labute approximate surface area is 163 Å². The lowest BCUT2D eigenvalue weighted by Crippen LogP contribution is -2.49. The van der Waals surface area contributed by atoms with Crippen molar-refractivity contribution in [3.8, 4) is 11.1 Å². The van der Waals surface area contributed by atoms with Crippen molar-refractivity contribution < 1.29 is 14.8 Å². The summed E-state index contributed by atoms with van der Waals surface area (Å²) >= 11 is 0. The van der Waals surface area contributed by atoms with E-state index in [2.05, 4.69) is 0 Å². The van der Waals surface area contributed by atoms with Gasteiger partial charge in [-0.15, -0.1) is 0 Å². The maximum absolute atomic E-state index is 12.5. The van der Waals surface area contributed by atoms with Crippen LogP contribution in [-0.2, 0) is 16.1 Å². The summed E-state index contributed by atoms with van der Waals surface area (Å²) in [6.07, 6.45) is 3.06. The highest BCUT2D eigenvalue weighted by atomic mass is 16.5. The number of hydrogen-bond donors (Lipinski definition) is 2. The summed E-state index contributed by atoms with van der Waals surface area (Å²) in [6.45, 7) is 2.80. The Kier molecular flexibility index (Phi) is 5.94. The standard InChI is InChI=1S/C21H25N3O4/c1-16(25)23-12-8-21(9-13-23,20(27)22-28)10-14-24-11-7-18(15-19(24)26)17-5-3-2-4-6-17/h2-7,11,15,28H,8-10,12-14H2,1H3,(H,22,27). The summed E-state index contributed by atoms with van der Waals surface area (Å²) in [6, 6.07) is 13.1. The van der Waals surface area contributed by atoms with Crippen LogP contribution in [0.1, 0.15) is 26.2 Å². The number of rotatable bonds is 5. The van der Waals surface area contributed by atoms with Gasteiger partial charge in [0, 0.05) is 38.8 Å². The average Bonchev–Trinajstić information content (AvgIpc) is 2.73. The van der Waals surface area contributed by atoms with Gasteiger partial charge in [0.1, 0.15) is 0 Å². The Morgan fingerprint density at radius 1 is 1.11 bits per heavy atom. The normalized spacial score (nSPS) is 15.9. The Morgan fingerprint density at radius 3 is 2.36 bits per heavy atom. The van der Waals surface area contributed by atoms with Gasteiger partial charge in [-0.2, -0.15) is 0 Å². The summed E-state index contributed by atoms with van der Waals surface area (Å²) in [5.41, 5.74) is 2.66. The van der Waals surface area contributed by atoms with Gasteiger partial charge in [-0.25, -0.2) is 5.48 Å². The topological polar surface area (TPSA) is 91.6 Å². The fourth-order valence-corrected chi connectivity index (χ4v) is 3.80. The molecular formula is C21H25N3O4. The molecule has 0 aliphatic carbocycles. The number of aromatic nitrogens is 1. The maximum Gasteiger partial charge on any atom is 0.251 e. The van der Waals surface area contributed by atoms with E-state index in [1.807, 2.05) is 36.4 Å². The molecule has 0 atom stereocenters.